The maximum atomic E-state index is 12.5. The van der Waals surface area contributed by atoms with Crippen molar-refractivity contribution in [1.82, 2.24) is 25.1 Å². The number of benzene rings is 1. The highest BCUT2D eigenvalue weighted by Crippen LogP contribution is 2.23. The van der Waals surface area contributed by atoms with E-state index in [4.69, 9.17) is 5.73 Å². The molecular weight excluding hydrogens is 372 g/mol. The van der Waals surface area contributed by atoms with E-state index < -0.39 is 17.2 Å². The van der Waals surface area contributed by atoms with Gasteiger partial charge in [0.25, 0.3) is 11.5 Å². The van der Waals surface area contributed by atoms with E-state index in [0.717, 1.165) is 23.2 Å². The van der Waals surface area contributed by atoms with Gasteiger partial charge in [-0.2, -0.15) is 5.10 Å². The summed E-state index contributed by atoms with van der Waals surface area (Å²) in [4.78, 5) is 39.8. The molecule has 0 aliphatic carbocycles. The Hall–Kier alpha value is -3.62. The van der Waals surface area contributed by atoms with Gasteiger partial charge in [0.05, 0.1) is 12.2 Å². The topological polar surface area (TPSA) is 139 Å². The summed E-state index contributed by atoms with van der Waals surface area (Å²) < 4.78 is 1.91. The average molecular weight is 396 g/mol. The number of nitrogens with zero attached hydrogens (tertiary/aromatic N) is 2. The molecule has 3 rings (SSSR count). The van der Waals surface area contributed by atoms with Crippen LogP contribution in [0.2, 0.25) is 0 Å². The Morgan fingerprint density at radius 2 is 1.97 bits per heavy atom. The molecule has 1 aromatic carbocycles. The molecule has 9 heteroatoms. The summed E-state index contributed by atoms with van der Waals surface area (Å²) in [6.45, 7) is 6.91. The van der Waals surface area contributed by atoms with Crippen LogP contribution in [-0.4, -0.2) is 25.7 Å². The highest BCUT2D eigenvalue weighted by molar-refractivity contribution is 5.97. The first kappa shape index (κ1) is 20.1. The van der Waals surface area contributed by atoms with Gasteiger partial charge in [-0.25, -0.2) is 4.79 Å². The van der Waals surface area contributed by atoms with Crippen LogP contribution < -0.4 is 22.3 Å². The van der Waals surface area contributed by atoms with Crippen molar-refractivity contribution in [2.75, 3.05) is 5.73 Å². The first-order valence-corrected chi connectivity index (χ1v) is 9.30. The smallest absolute Gasteiger partial charge is 0.326 e. The van der Waals surface area contributed by atoms with Crippen LogP contribution in [0.3, 0.4) is 0 Å². The van der Waals surface area contributed by atoms with Gasteiger partial charge in [-0.15, -0.1) is 0 Å². The predicted molar refractivity (Wildman–Crippen MR) is 110 cm³/mol. The summed E-state index contributed by atoms with van der Waals surface area (Å²) in [7, 11) is 0. The standard InChI is InChI=1S/C20H24N6O3/c1-11(2)9-26-10-15(8-22-26)14-6-4-5-13(7-14)12(3)23-19(28)17-16(21)18(27)25-20(29)24-17/h4-8,10-12H,9,21H2,1-3H3,(H,23,28)(H2,24,25,27,29). The Morgan fingerprint density at radius 3 is 2.69 bits per heavy atom. The zero-order valence-corrected chi connectivity index (χ0v) is 16.5. The zero-order chi connectivity index (χ0) is 21.1. The van der Waals surface area contributed by atoms with Crippen molar-refractivity contribution in [3.63, 3.8) is 0 Å². The van der Waals surface area contributed by atoms with Crippen LogP contribution >= 0.6 is 0 Å². The third-order valence-corrected chi connectivity index (χ3v) is 4.46. The number of nitrogens with one attached hydrogen (secondary N) is 3. The lowest BCUT2D eigenvalue weighted by Crippen LogP contribution is -2.34. The van der Waals surface area contributed by atoms with Gasteiger partial charge < -0.3 is 16.0 Å². The number of anilines is 1. The Labute approximate surface area is 167 Å². The van der Waals surface area contributed by atoms with Gasteiger partial charge in [-0.3, -0.25) is 19.3 Å². The lowest BCUT2D eigenvalue weighted by Gasteiger charge is -2.15. The monoisotopic (exact) mass is 396 g/mol. The molecule has 0 bridgehead atoms. The fourth-order valence-electron chi connectivity index (χ4n) is 3.00. The first-order chi connectivity index (χ1) is 13.7. The van der Waals surface area contributed by atoms with Crippen LogP contribution in [0.15, 0.2) is 46.2 Å². The molecule has 2 heterocycles. The number of hydrogen-bond acceptors (Lipinski definition) is 5. The minimum atomic E-state index is -0.799. The molecule has 0 aliphatic rings. The highest BCUT2D eigenvalue weighted by Gasteiger charge is 2.17. The normalized spacial score (nSPS) is 12.1. The molecular formula is C20H24N6O3. The van der Waals surface area contributed by atoms with Gasteiger partial charge in [-0.05, 0) is 30.0 Å². The number of hydrogen-bond donors (Lipinski definition) is 4. The van der Waals surface area contributed by atoms with Crippen molar-refractivity contribution >= 4 is 11.6 Å². The number of carbonyl (C=O) groups excluding carboxylic acids is 1. The van der Waals surface area contributed by atoms with Crippen molar-refractivity contribution in [2.45, 2.75) is 33.4 Å². The Balaban J connectivity index is 1.80. The second-order valence-electron chi connectivity index (χ2n) is 7.36. The highest BCUT2D eigenvalue weighted by atomic mass is 16.2. The molecule has 0 saturated carbocycles. The van der Waals surface area contributed by atoms with Crippen molar-refractivity contribution in [3.8, 4) is 11.1 Å². The Bertz CT molecular complexity index is 1140. The third-order valence-electron chi connectivity index (χ3n) is 4.46. The molecule has 0 spiro atoms. The minimum absolute atomic E-state index is 0.253. The van der Waals surface area contributed by atoms with E-state index in [1.54, 1.807) is 6.92 Å². The lowest BCUT2D eigenvalue weighted by molar-refractivity contribution is 0.0935. The number of amides is 1. The number of H-pyrrole nitrogens is 2. The summed E-state index contributed by atoms with van der Waals surface area (Å²) >= 11 is 0. The average Bonchev–Trinajstić information content (AvgIpc) is 3.12. The molecule has 5 N–H and O–H groups in total. The third kappa shape index (κ3) is 4.63. The van der Waals surface area contributed by atoms with Gasteiger partial charge >= 0.3 is 5.69 Å². The summed E-state index contributed by atoms with van der Waals surface area (Å²) in [5.74, 6) is -0.137. The second kappa shape index (κ2) is 8.17. The van der Waals surface area contributed by atoms with Gasteiger partial charge in [-0.1, -0.05) is 32.0 Å². The van der Waals surface area contributed by atoms with Crippen LogP contribution in [0, 0.1) is 5.92 Å². The van der Waals surface area contributed by atoms with E-state index >= 15 is 0 Å². The van der Waals surface area contributed by atoms with Crippen LogP contribution in [0.5, 0.6) is 0 Å². The largest absolute Gasteiger partial charge is 0.392 e. The summed E-state index contributed by atoms with van der Waals surface area (Å²) in [5, 5.41) is 7.14. The van der Waals surface area contributed by atoms with Gasteiger partial charge in [0, 0.05) is 18.3 Å². The second-order valence-corrected chi connectivity index (χ2v) is 7.36. The van der Waals surface area contributed by atoms with Crippen molar-refractivity contribution in [1.29, 1.82) is 0 Å². The van der Waals surface area contributed by atoms with Crippen LogP contribution in [0.4, 0.5) is 5.69 Å². The Kier molecular flexibility index (Phi) is 5.67. The number of aromatic amines is 2. The SMILES string of the molecule is CC(C)Cn1cc(-c2cccc(C(C)NC(=O)c3[nH]c(=O)[nH]c(=O)c3N)c2)cn1. The van der Waals surface area contributed by atoms with Crippen molar-refractivity contribution < 1.29 is 4.79 Å². The Morgan fingerprint density at radius 1 is 1.21 bits per heavy atom. The van der Waals surface area contributed by atoms with Gasteiger partial charge in [0.2, 0.25) is 0 Å². The molecule has 0 fully saturated rings. The van der Waals surface area contributed by atoms with E-state index in [2.05, 4.69) is 29.2 Å². The number of rotatable bonds is 6. The molecule has 152 valence electrons. The van der Waals surface area contributed by atoms with E-state index in [9.17, 15) is 14.4 Å². The molecule has 1 amide bonds. The first-order valence-electron chi connectivity index (χ1n) is 9.30. The van der Waals surface area contributed by atoms with E-state index in [-0.39, 0.29) is 17.4 Å². The summed E-state index contributed by atoms with van der Waals surface area (Å²) in [6, 6.07) is 7.34. The van der Waals surface area contributed by atoms with Crippen LogP contribution in [0.1, 0.15) is 42.9 Å². The van der Waals surface area contributed by atoms with E-state index in [0.29, 0.717) is 5.92 Å². The molecule has 2 aromatic heterocycles. The molecule has 29 heavy (non-hydrogen) atoms. The van der Waals surface area contributed by atoms with Gasteiger partial charge in [0.1, 0.15) is 11.4 Å². The fraction of sp³-hybridized carbons (Fsp3) is 0.300. The summed E-state index contributed by atoms with van der Waals surface area (Å²) in [5.41, 5.74) is 6.26. The van der Waals surface area contributed by atoms with Crippen molar-refractivity contribution in [3.05, 3.63) is 68.8 Å². The molecule has 1 unspecified atom stereocenters. The van der Waals surface area contributed by atoms with Crippen molar-refractivity contribution in [2.24, 2.45) is 5.92 Å². The fourth-order valence-corrected chi connectivity index (χ4v) is 3.00. The lowest BCUT2D eigenvalue weighted by atomic mass is 10.0. The predicted octanol–water partition coefficient (Wildman–Crippen LogP) is 1.66. The zero-order valence-electron chi connectivity index (χ0n) is 16.5. The van der Waals surface area contributed by atoms with E-state index in [1.165, 1.54) is 0 Å². The molecule has 0 radical (unpaired) electrons. The summed E-state index contributed by atoms with van der Waals surface area (Å²) in [6.07, 6.45) is 3.80. The number of nitrogens with two attached hydrogens (primary N) is 1. The molecule has 3 aromatic rings. The van der Waals surface area contributed by atoms with Gasteiger partial charge in [0.15, 0.2) is 0 Å². The maximum Gasteiger partial charge on any atom is 0.326 e. The molecule has 0 saturated heterocycles. The maximum absolute atomic E-state index is 12.5. The van der Waals surface area contributed by atoms with Crippen LogP contribution in [-0.2, 0) is 6.54 Å². The molecule has 1 atom stereocenters. The number of carbonyl (C=O) groups is 1. The number of aromatic nitrogens is 4. The quantitative estimate of drug-likeness (QED) is 0.502. The van der Waals surface area contributed by atoms with Crippen LogP contribution in [0.25, 0.3) is 11.1 Å². The molecule has 9 nitrogen and oxygen atoms in total. The number of nitrogen functional groups attached to an aromatic ring is 1. The molecule has 0 aliphatic heterocycles. The minimum Gasteiger partial charge on any atom is -0.392 e. The van der Waals surface area contributed by atoms with E-state index in [1.807, 2.05) is 46.3 Å².